The number of nitrogens with one attached hydrogen (secondary N) is 1. The van der Waals surface area contributed by atoms with Crippen LogP contribution in [0.4, 0.5) is 5.69 Å². The van der Waals surface area contributed by atoms with E-state index in [9.17, 15) is 9.59 Å². The molecular formula is C21H19N3O3. The average Bonchev–Trinajstić information content (AvgIpc) is 3.13. The van der Waals surface area contributed by atoms with Crippen LogP contribution in [-0.2, 0) is 7.05 Å². The number of nitrogens with zero attached hydrogens (tertiary/aromatic N) is 2. The minimum atomic E-state index is -0.217. The molecule has 6 nitrogen and oxygen atoms in total. The molecule has 1 aromatic heterocycles. The van der Waals surface area contributed by atoms with Crippen LogP contribution in [-0.4, -0.2) is 28.6 Å². The number of ether oxygens (including phenoxy) is 1. The summed E-state index contributed by atoms with van der Waals surface area (Å²) in [6, 6.07) is 14.1. The Bertz CT molecular complexity index is 988. The van der Waals surface area contributed by atoms with Crippen molar-refractivity contribution >= 4 is 23.5 Å². The number of methoxy groups -OCH3 is 1. The fourth-order valence-corrected chi connectivity index (χ4v) is 2.48. The summed E-state index contributed by atoms with van der Waals surface area (Å²) >= 11 is 0. The zero-order valence-corrected chi connectivity index (χ0v) is 15.0. The van der Waals surface area contributed by atoms with Crippen LogP contribution in [0.2, 0.25) is 0 Å². The number of allylic oxidation sites excluding steroid dienone is 1. The van der Waals surface area contributed by atoms with E-state index in [-0.39, 0.29) is 11.7 Å². The molecule has 2 aromatic carbocycles. The summed E-state index contributed by atoms with van der Waals surface area (Å²) in [7, 11) is 3.34. The van der Waals surface area contributed by atoms with Gasteiger partial charge in [0, 0.05) is 24.5 Å². The summed E-state index contributed by atoms with van der Waals surface area (Å²) in [5, 5.41) is 6.83. The largest absolute Gasteiger partial charge is 0.497 e. The molecular weight excluding hydrogens is 342 g/mol. The van der Waals surface area contributed by atoms with E-state index in [1.54, 1.807) is 67.5 Å². The smallest absolute Gasteiger partial charge is 0.255 e. The first kappa shape index (κ1) is 18.1. The summed E-state index contributed by atoms with van der Waals surface area (Å²) in [4.78, 5) is 24.5. The highest BCUT2D eigenvalue weighted by molar-refractivity contribution is 6.07. The summed E-state index contributed by atoms with van der Waals surface area (Å²) in [6.07, 6.45) is 6.39. The minimum Gasteiger partial charge on any atom is -0.497 e. The molecule has 27 heavy (non-hydrogen) atoms. The van der Waals surface area contributed by atoms with E-state index < -0.39 is 0 Å². The molecule has 0 aliphatic heterocycles. The Hall–Kier alpha value is -3.67. The molecule has 0 aliphatic rings. The molecule has 6 heteroatoms. The monoisotopic (exact) mass is 361 g/mol. The molecule has 0 spiro atoms. The van der Waals surface area contributed by atoms with Crippen molar-refractivity contribution in [2.45, 2.75) is 0 Å². The van der Waals surface area contributed by atoms with E-state index in [1.165, 1.54) is 12.3 Å². The molecule has 0 fully saturated rings. The van der Waals surface area contributed by atoms with Crippen molar-refractivity contribution in [2.75, 3.05) is 12.4 Å². The van der Waals surface area contributed by atoms with Crippen molar-refractivity contribution in [3.63, 3.8) is 0 Å². The first-order valence-electron chi connectivity index (χ1n) is 8.32. The van der Waals surface area contributed by atoms with Crippen LogP contribution in [0.3, 0.4) is 0 Å². The Morgan fingerprint density at radius 2 is 1.89 bits per heavy atom. The zero-order chi connectivity index (χ0) is 19.2. The lowest BCUT2D eigenvalue weighted by Gasteiger charge is -2.07. The van der Waals surface area contributed by atoms with Gasteiger partial charge >= 0.3 is 0 Å². The molecule has 0 bridgehead atoms. The predicted molar refractivity (Wildman–Crippen MR) is 104 cm³/mol. The van der Waals surface area contributed by atoms with Crippen LogP contribution in [0.15, 0.2) is 67.0 Å². The number of rotatable bonds is 6. The maximum atomic E-state index is 12.3. The number of carbonyl (C=O) groups excluding carboxylic acids is 2. The summed E-state index contributed by atoms with van der Waals surface area (Å²) in [6.45, 7) is 0. The average molecular weight is 361 g/mol. The second kappa shape index (κ2) is 8.14. The number of benzene rings is 2. The molecule has 1 heterocycles. The Labute approximate surface area is 157 Å². The molecule has 3 rings (SSSR count). The summed E-state index contributed by atoms with van der Waals surface area (Å²) in [5.74, 6) is 0.345. The number of aromatic nitrogens is 2. The Balaban J connectivity index is 1.68. The molecule has 0 aliphatic carbocycles. The van der Waals surface area contributed by atoms with Crippen LogP contribution < -0.4 is 10.1 Å². The standard InChI is InChI=1S/C21H19N3O3/c1-24-14-17(13-22-24)20(25)11-6-15-4-3-5-18(12-15)23-21(26)16-7-9-19(27-2)10-8-16/h3-14H,1-2H3,(H,23,26)/b11-6+. The SMILES string of the molecule is COc1ccc(C(=O)Nc2cccc(/C=C/C(=O)c3cnn(C)c3)c2)cc1. The highest BCUT2D eigenvalue weighted by Crippen LogP contribution is 2.16. The van der Waals surface area contributed by atoms with Gasteiger partial charge in [0.05, 0.1) is 18.9 Å². The first-order chi connectivity index (χ1) is 13.0. The van der Waals surface area contributed by atoms with Gasteiger partial charge in [-0.3, -0.25) is 14.3 Å². The number of carbonyl (C=O) groups is 2. The normalized spacial score (nSPS) is 10.7. The highest BCUT2D eigenvalue weighted by atomic mass is 16.5. The molecule has 0 atom stereocenters. The number of hydrogen-bond acceptors (Lipinski definition) is 4. The third kappa shape index (κ3) is 4.70. The maximum Gasteiger partial charge on any atom is 0.255 e. The summed E-state index contributed by atoms with van der Waals surface area (Å²) in [5.41, 5.74) is 2.51. The zero-order valence-electron chi connectivity index (χ0n) is 15.0. The van der Waals surface area contributed by atoms with Gasteiger partial charge in [-0.2, -0.15) is 5.10 Å². The van der Waals surface area contributed by atoms with E-state index in [0.717, 1.165) is 5.56 Å². The number of amides is 1. The van der Waals surface area contributed by atoms with Crippen molar-refractivity contribution in [1.29, 1.82) is 0 Å². The Morgan fingerprint density at radius 1 is 1.11 bits per heavy atom. The van der Waals surface area contributed by atoms with Gasteiger partial charge in [-0.05, 0) is 48.0 Å². The van der Waals surface area contributed by atoms with Crippen LogP contribution in [0.5, 0.6) is 5.75 Å². The van der Waals surface area contributed by atoms with E-state index in [4.69, 9.17) is 4.74 Å². The predicted octanol–water partition coefficient (Wildman–Crippen LogP) is 3.58. The topological polar surface area (TPSA) is 73.2 Å². The second-order valence-electron chi connectivity index (χ2n) is 5.91. The van der Waals surface area contributed by atoms with E-state index in [2.05, 4.69) is 10.4 Å². The molecule has 0 saturated carbocycles. The van der Waals surface area contributed by atoms with Crippen LogP contribution in [0, 0.1) is 0 Å². The maximum absolute atomic E-state index is 12.3. The highest BCUT2D eigenvalue weighted by Gasteiger charge is 2.07. The fourth-order valence-electron chi connectivity index (χ4n) is 2.48. The Kier molecular flexibility index (Phi) is 5.47. The third-order valence-electron chi connectivity index (χ3n) is 3.91. The lowest BCUT2D eigenvalue weighted by Crippen LogP contribution is -2.11. The van der Waals surface area contributed by atoms with Crippen molar-refractivity contribution in [3.8, 4) is 5.75 Å². The second-order valence-corrected chi connectivity index (χ2v) is 5.91. The molecule has 0 unspecified atom stereocenters. The van der Waals surface area contributed by atoms with Crippen molar-refractivity contribution in [1.82, 2.24) is 9.78 Å². The number of hydrogen-bond donors (Lipinski definition) is 1. The van der Waals surface area contributed by atoms with Crippen LogP contribution >= 0.6 is 0 Å². The number of aryl methyl sites for hydroxylation is 1. The van der Waals surface area contributed by atoms with Gasteiger partial charge in [0.1, 0.15) is 5.75 Å². The van der Waals surface area contributed by atoms with Gasteiger partial charge in [-0.1, -0.05) is 18.2 Å². The van der Waals surface area contributed by atoms with Crippen molar-refractivity contribution in [3.05, 3.63) is 83.7 Å². The molecule has 1 amide bonds. The van der Waals surface area contributed by atoms with Gasteiger partial charge in [0.2, 0.25) is 0 Å². The van der Waals surface area contributed by atoms with E-state index in [0.29, 0.717) is 22.6 Å². The van der Waals surface area contributed by atoms with Crippen LogP contribution in [0.25, 0.3) is 6.08 Å². The molecule has 3 aromatic rings. The number of ketones is 1. The molecule has 0 radical (unpaired) electrons. The van der Waals surface area contributed by atoms with Gasteiger partial charge in [-0.25, -0.2) is 0 Å². The summed E-state index contributed by atoms with van der Waals surface area (Å²) < 4.78 is 6.67. The Morgan fingerprint density at radius 3 is 2.56 bits per heavy atom. The van der Waals surface area contributed by atoms with E-state index >= 15 is 0 Å². The van der Waals surface area contributed by atoms with Gasteiger partial charge in [0.15, 0.2) is 5.78 Å². The number of anilines is 1. The lowest BCUT2D eigenvalue weighted by molar-refractivity contribution is 0.102. The first-order valence-corrected chi connectivity index (χ1v) is 8.32. The molecule has 136 valence electrons. The van der Waals surface area contributed by atoms with Crippen molar-refractivity contribution < 1.29 is 14.3 Å². The van der Waals surface area contributed by atoms with Crippen molar-refractivity contribution in [2.24, 2.45) is 7.05 Å². The quantitative estimate of drug-likeness (QED) is 0.538. The van der Waals surface area contributed by atoms with Gasteiger partial charge in [-0.15, -0.1) is 0 Å². The molecule has 1 N–H and O–H groups in total. The lowest BCUT2D eigenvalue weighted by atomic mass is 10.1. The molecule has 0 saturated heterocycles. The third-order valence-corrected chi connectivity index (χ3v) is 3.91. The van der Waals surface area contributed by atoms with Crippen LogP contribution in [0.1, 0.15) is 26.3 Å². The minimum absolute atomic E-state index is 0.129. The fraction of sp³-hybridized carbons (Fsp3) is 0.0952. The van der Waals surface area contributed by atoms with Gasteiger partial charge in [0.25, 0.3) is 5.91 Å². The van der Waals surface area contributed by atoms with E-state index in [1.807, 2.05) is 12.1 Å². The van der Waals surface area contributed by atoms with Gasteiger partial charge < -0.3 is 10.1 Å².